The molecular weight excluding hydrogens is 234 g/mol. The van der Waals surface area contributed by atoms with Gasteiger partial charge in [-0.1, -0.05) is 6.92 Å². The van der Waals surface area contributed by atoms with Gasteiger partial charge in [-0.05, 0) is 26.7 Å². The Morgan fingerprint density at radius 3 is 2.44 bits per heavy atom. The highest BCUT2D eigenvalue weighted by molar-refractivity contribution is 5.33. The fraction of sp³-hybridized carbons (Fsp3) is 0.727. The maximum Gasteiger partial charge on any atom is 0.323 e. The van der Waals surface area contributed by atoms with E-state index in [2.05, 4.69) is 20.3 Å². The van der Waals surface area contributed by atoms with E-state index in [0.29, 0.717) is 5.95 Å². The molecule has 0 bridgehead atoms. The monoisotopic (exact) mass is 255 g/mol. The van der Waals surface area contributed by atoms with Crippen LogP contribution in [0.1, 0.15) is 27.7 Å². The molecule has 2 atom stereocenters. The molecule has 0 aliphatic heterocycles. The van der Waals surface area contributed by atoms with E-state index in [1.807, 2.05) is 27.7 Å². The minimum atomic E-state index is -0.0339. The van der Waals surface area contributed by atoms with Crippen molar-refractivity contribution in [1.29, 1.82) is 0 Å². The number of aliphatic hydroxyl groups is 1. The second kappa shape index (κ2) is 6.34. The van der Waals surface area contributed by atoms with Crippen LogP contribution < -0.4 is 15.8 Å². The fourth-order valence-electron chi connectivity index (χ4n) is 1.20. The van der Waals surface area contributed by atoms with Gasteiger partial charge in [0.15, 0.2) is 0 Å². The molecule has 0 aliphatic rings. The molecule has 0 fully saturated rings. The number of aromatic nitrogens is 3. The molecule has 18 heavy (non-hydrogen) atoms. The molecule has 0 aliphatic carbocycles. The summed E-state index contributed by atoms with van der Waals surface area (Å²) in [4.78, 5) is 12.0. The molecule has 1 aromatic rings. The van der Waals surface area contributed by atoms with Crippen LogP contribution in [0.15, 0.2) is 0 Å². The zero-order valence-corrected chi connectivity index (χ0v) is 11.2. The Labute approximate surface area is 107 Å². The second-order valence-corrected chi connectivity index (χ2v) is 4.56. The van der Waals surface area contributed by atoms with E-state index in [1.165, 1.54) is 0 Å². The van der Waals surface area contributed by atoms with E-state index in [9.17, 15) is 0 Å². The van der Waals surface area contributed by atoms with Gasteiger partial charge in [0.25, 0.3) is 0 Å². The largest absolute Gasteiger partial charge is 0.461 e. The van der Waals surface area contributed by atoms with Crippen LogP contribution in [-0.2, 0) is 0 Å². The van der Waals surface area contributed by atoms with Crippen molar-refractivity contribution in [3.63, 3.8) is 0 Å². The second-order valence-electron chi connectivity index (χ2n) is 4.56. The number of nitrogen functional groups attached to an aromatic ring is 1. The Bertz CT molecular complexity index is 386. The van der Waals surface area contributed by atoms with Crippen molar-refractivity contribution in [2.75, 3.05) is 17.7 Å². The van der Waals surface area contributed by atoms with Gasteiger partial charge in [0.1, 0.15) is 0 Å². The lowest BCUT2D eigenvalue weighted by Gasteiger charge is -2.19. The van der Waals surface area contributed by atoms with Gasteiger partial charge in [-0.3, -0.25) is 0 Å². The third kappa shape index (κ3) is 4.33. The minimum Gasteiger partial charge on any atom is -0.461 e. The Morgan fingerprint density at radius 1 is 1.22 bits per heavy atom. The Hall–Kier alpha value is -1.63. The van der Waals surface area contributed by atoms with Gasteiger partial charge in [0, 0.05) is 12.6 Å². The lowest BCUT2D eigenvalue weighted by molar-refractivity contribution is 0.221. The number of hydrogen-bond acceptors (Lipinski definition) is 7. The number of ether oxygens (including phenoxy) is 1. The van der Waals surface area contributed by atoms with Crippen molar-refractivity contribution in [2.45, 2.75) is 39.8 Å². The maximum absolute atomic E-state index is 9.07. The molecule has 0 radical (unpaired) electrons. The lowest BCUT2D eigenvalue weighted by Crippen LogP contribution is -2.27. The van der Waals surface area contributed by atoms with Crippen LogP contribution in [0.3, 0.4) is 0 Å². The Kier molecular flexibility index (Phi) is 5.08. The number of rotatable bonds is 6. The van der Waals surface area contributed by atoms with Crippen LogP contribution >= 0.6 is 0 Å². The first-order chi connectivity index (χ1) is 8.42. The summed E-state index contributed by atoms with van der Waals surface area (Å²) >= 11 is 0. The van der Waals surface area contributed by atoms with E-state index in [1.54, 1.807) is 0 Å². The standard InChI is InChI=1S/C11H21N5O2/c1-6(2)18-11-15-9(12)14-10(16-11)13-8(4)7(3)5-17/h6-8,17H,5H2,1-4H3,(H3,12,13,14,15,16). The van der Waals surface area contributed by atoms with E-state index >= 15 is 0 Å². The molecule has 0 spiro atoms. The van der Waals surface area contributed by atoms with Crippen molar-refractivity contribution in [3.05, 3.63) is 0 Å². The number of nitrogens with one attached hydrogen (secondary N) is 1. The average molecular weight is 255 g/mol. The van der Waals surface area contributed by atoms with Crippen molar-refractivity contribution in [3.8, 4) is 6.01 Å². The van der Waals surface area contributed by atoms with Crippen molar-refractivity contribution < 1.29 is 9.84 Å². The highest BCUT2D eigenvalue weighted by atomic mass is 16.5. The molecule has 102 valence electrons. The molecule has 0 saturated carbocycles. The molecule has 1 aromatic heterocycles. The topological polar surface area (TPSA) is 106 Å². The first-order valence-corrected chi connectivity index (χ1v) is 5.98. The SMILES string of the molecule is CC(C)Oc1nc(N)nc(NC(C)C(C)CO)n1. The summed E-state index contributed by atoms with van der Waals surface area (Å²) in [6.45, 7) is 7.70. The first kappa shape index (κ1) is 14.4. The first-order valence-electron chi connectivity index (χ1n) is 5.98. The van der Waals surface area contributed by atoms with Gasteiger partial charge in [-0.15, -0.1) is 0 Å². The molecule has 0 saturated heterocycles. The molecule has 4 N–H and O–H groups in total. The predicted octanol–water partition coefficient (Wildman–Crippen LogP) is 0.670. The summed E-state index contributed by atoms with van der Waals surface area (Å²) < 4.78 is 5.37. The predicted molar refractivity (Wildman–Crippen MR) is 69.3 cm³/mol. The third-order valence-electron chi connectivity index (χ3n) is 2.47. The summed E-state index contributed by atoms with van der Waals surface area (Å²) in [7, 11) is 0. The number of nitrogens with zero attached hydrogens (tertiary/aromatic N) is 3. The summed E-state index contributed by atoms with van der Waals surface area (Å²) in [6.07, 6.45) is -0.0339. The van der Waals surface area contributed by atoms with E-state index in [0.717, 1.165) is 0 Å². The van der Waals surface area contributed by atoms with E-state index < -0.39 is 0 Å². The van der Waals surface area contributed by atoms with Gasteiger partial charge in [0.2, 0.25) is 11.9 Å². The number of hydrogen-bond donors (Lipinski definition) is 3. The van der Waals surface area contributed by atoms with E-state index in [4.69, 9.17) is 15.6 Å². The van der Waals surface area contributed by atoms with Gasteiger partial charge >= 0.3 is 6.01 Å². The maximum atomic E-state index is 9.07. The lowest BCUT2D eigenvalue weighted by atomic mass is 10.1. The molecule has 7 nitrogen and oxygen atoms in total. The van der Waals surface area contributed by atoms with Crippen LogP contribution in [0.25, 0.3) is 0 Å². The van der Waals surface area contributed by atoms with Gasteiger partial charge in [0.05, 0.1) is 6.10 Å². The smallest absolute Gasteiger partial charge is 0.323 e. The quantitative estimate of drug-likeness (QED) is 0.685. The fourth-order valence-corrected chi connectivity index (χ4v) is 1.20. The normalized spacial score (nSPS) is 14.3. The average Bonchev–Trinajstić information content (AvgIpc) is 2.25. The van der Waals surface area contributed by atoms with Gasteiger partial charge in [-0.25, -0.2) is 0 Å². The summed E-state index contributed by atoms with van der Waals surface area (Å²) in [5.74, 6) is 0.537. The third-order valence-corrected chi connectivity index (χ3v) is 2.47. The Morgan fingerprint density at radius 2 is 1.89 bits per heavy atom. The minimum absolute atomic E-state index is 0.0173. The zero-order chi connectivity index (χ0) is 13.7. The molecule has 7 heteroatoms. The molecular formula is C11H21N5O2. The van der Waals surface area contributed by atoms with Crippen LogP contribution in [0.4, 0.5) is 11.9 Å². The van der Waals surface area contributed by atoms with Gasteiger partial charge in [-0.2, -0.15) is 15.0 Å². The summed E-state index contributed by atoms with van der Waals surface area (Å²) in [5.41, 5.74) is 5.59. The highest BCUT2D eigenvalue weighted by Crippen LogP contribution is 2.13. The van der Waals surface area contributed by atoms with Crippen LogP contribution in [0.5, 0.6) is 6.01 Å². The number of anilines is 2. The van der Waals surface area contributed by atoms with Crippen LogP contribution in [0.2, 0.25) is 0 Å². The van der Waals surface area contributed by atoms with Crippen molar-refractivity contribution in [2.24, 2.45) is 5.92 Å². The van der Waals surface area contributed by atoms with Crippen molar-refractivity contribution in [1.82, 2.24) is 15.0 Å². The van der Waals surface area contributed by atoms with Gasteiger partial charge < -0.3 is 20.9 Å². The molecule has 1 heterocycles. The molecule has 0 amide bonds. The molecule has 2 unspecified atom stereocenters. The van der Waals surface area contributed by atoms with Crippen LogP contribution in [0, 0.1) is 5.92 Å². The molecule has 0 aromatic carbocycles. The molecule has 1 rings (SSSR count). The Balaban J connectivity index is 2.79. The van der Waals surface area contributed by atoms with Crippen molar-refractivity contribution >= 4 is 11.9 Å². The zero-order valence-electron chi connectivity index (χ0n) is 11.2. The number of nitrogens with two attached hydrogens (primary N) is 1. The van der Waals surface area contributed by atoms with E-state index in [-0.39, 0.29) is 36.6 Å². The summed E-state index contributed by atoms with van der Waals surface area (Å²) in [6, 6.07) is 0.215. The summed E-state index contributed by atoms with van der Waals surface area (Å²) in [5, 5.41) is 12.1. The highest BCUT2D eigenvalue weighted by Gasteiger charge is 2.14. The van der Waals surface area contributed by atoms with Crippen LogP contribution in [-0.4, -0.2) is 38.8 Å². The number of aliphatic hydroxyl groups excluding tert-OH is 1.